The third-order valence-corrected chi connectivity index (χ3v) is 5.98. The highest BCUT2D eigenvalue weighted by Crippen LogP contribution is 2.29. The van der Waals surface area contributed by atoms with Crippen LogP contribution in [-0.4, -0.2) is 41.2 Å². The number of hydrogen-bond acceptors (Lipinski definition) is 5. The number of likely N-dealkylation sites (N-methyl/N-ethyl adjacent to an activating group) is 1. The van der Waals surface area contributed by atoms with Crippen LogP contribution in [0.2, 0.25) is 0 Å². The van der Waals surface area contributed by atoms with Crippen molar-refractivity contribution in [1.29, 1.82) is 0 Å². The van der Waals surface area contributed by atoms with Crippen LogP contribution in [-0.2, 0) is 4.79 Å². The topological polar surface area (TPSA) is 105 Å². The highest BCUT2D eigenvalue weighted by molar-refractivity contribution is 7.13. The summed E-state index contributed by atoms with van der Waals surface area (Å²) >= 11 is 1.55. The summed E-state index contributed by atoms with van der Waals surface area (Å²) in [6, 6.07) is 18.1. The maximum atomic E-state index is 13.3. The Balaban J connectivity index is 1.68. The van der Waals surface area contributed by atoms with Crippen molar-refractivity contribution >= 4 is 45.6 Å². The van der Waals surface area contributed by atoms with E-state index in [-0.39, 0.29) is 18.4 Å². The first-order valence-corrected chi connectivity index (χ1v) is 11.1. The van der Waals surface area contributed by atoms with Crippen molar-refractivity contribution in [3.05, 3.63) is 82.7 Å². The maximum Gasteiger partial charge on any atom is 0.256 e. The lowest BCUT2D eigenvalue weighted by Crippen LogP contribution is -2.35. The molecule has 2 aromatic heterocycles. The molecule has 166 valence electrons. The van der Waals surface area contributed by atoms with Gasteiger partial charge >= 0.3 is 0 Å². The fourth-order valence-electron chi connectivity index (χ4n) is 3.53. The first-order chi connectivity index (χ1) is 15.8. The Morgan fingerprint density at radius 2 is 1.88 bits per heavy atom. The van der Waals surface area contributed by atoms with Crippen LogP contribution >= 0.6 is 11.3 Å². The molecule has 0 bridgehead atoms. The van der Waals surface area contributed by atoms with Crippen molar-refractivity contribution in [2.24, 2.45) is 5.73 Å². The normalized spacial score (nSPS) is 10.7. The molecule has 4 rings (SSSR count). The second-order valence-electron chi connectivity index (χ2n) is 7.72. The molecule has 2 aromatic carbocycles. The molecular formula is C25H22N4O3S. The standard InChI is InChI=1S/C25H22N4O3S/c1-15-8-9-20-18(11-15)19(13-21(28-20)22-7-4-10-33-22)24(31)27-17-6-3-5-16(12-17)25(32)29(2)14-23(26)30/h3-13H,14H2,1-2H3,(H2,26,30)(H,27,31). The molecule has 0 fully saturated rings. The zero-order valence-corrected chi connectivity index (χ0v) is 19.0. The molecule has 0 spiro atoms. The molecule has 0 unspecified atom stereocenters. The molecule has 8 heteroatoms. The van der Waals surface area contributed by atoms with Gasteiger partial charge in [0.2, 0.25) is 5.91 Å². The smallest absolute Gasteiger partial charge is 0.256 e. The van der Waals surface area contributed by atoms with E-state index >= 15 is 0 Å². The van der Waals surface area contributed by atoms with Gasteiger partial charge in [0.15, 0.2) is 0 Å². The van der Waals surface area contributed by atoms with Crippen LogP contribution in [0.3, 0.4) is 0 Å². The van der Waals surface area contributed by atoms with E-state index in [1.807, 2.05) is 42.6 Å². The highest BCUT2D eigenvalue weighted by Gasteiger charge is 2.17. The monoisotopic (exact) mass is 458 g/mol. The molecule has 7 nitrogen and oxygen atoms in total. The second-order valence-corrected chi connectivity index (χ2v) is 8.66. The number of thiophene rings is 1. The van der Waals surface area contributed by atoms with Crippen molar-refractivity contribution in [2.75, 3.05) is 18.9 Å². The third-order valence-electron chi connectivity index (χ3n) is 5.09. The fraction of sp³-hybridized carbons (Fsp3) is 0.120. The minimum Gasteiger partial charge on any atom is -0.368 e. The number of hydrogen-bond donors (Lipinski definition) is 2. The van der Waals surface area contributed by atoms with Crippen LogP contribution in [0.4, 0.5) is 5.69 Å². The third kappa shape index (κ3) is 4.91. The number of fused-ring (bicyclic) bond motifs is 1. The summed E-state index contributed by atoms with van der Waals surface area (Å²) in [5.41, 5.74) is 8.96. The summed E-state index contributed by atoms with van der Waals surface area (Å²) in [5.74, 6) is -1.27. The fourth-order valence-corrected chi connectivity index (χ4v) is 4.22. The van der Waals surface area contributed by atoms with Crippen LogP contribution in [0, 0.1) is 6.92 Å². The van der Waals surface area contributed by atoms with Gasteiger partial charge in [-0.2, -0.15) is 0 Å². The number of rotatable bonds is 6. The van der Waals surface area contributed by atoms with Crippen molar-refractivity contribution in [3.8, 4) is 10.6 Å². The molecule has 0 aliphatic heterocycles. The van der Waals surface area contributed by atoms with E-state index in [2.05, 4.69) is 5.32 Å². The van der Waals surface area contributed by atoms with E-state index in [4.69, 9.17) is 10.7 Å². The number of carbonyl (C=O) groups is 3. The Hall–Kier alpha value is -4.04. The van der Waals surface area contributed by atoms with Crippen LogP contribution in [0.5, 0.6) is 0 Å². The highest BCUT2D eigenvalue weighted by atomic mass is 32.1. The zero-order chi connectivity index (χ0) is 23.5. The van der Waals surface area contributed by atoms with E-state index in [1.165, 1.54) is 11.9 Å². The molecule has 0 atom stereocenters. The average Bonchev–Trinajstić information content (AvgIpc) is 3.32. The van der Waals surface area contributed by atoms with E-state index < -0.39 is 5.91 Å². The molecule has 33 heavy (non-hydrogen) atoms. The SMILES string of the molecule is Cc1ccc2nc(-c3cccs3)cc(C(=O)Nc3cccc(C(=O)N(C)CC(N)=O)c3)c2c1. The first kappa shape index (κ1) is 22.2. The minimum absolute atomic E-state index is 0.191. The lowest BCUT2D eigenvalue weighted by atomic mass is 10.0. The van der Waals surface area contributed by atoms with Crippen molar-refractivity contribution in [3.63, 3.8) is 0 Å². The summed E-state index contributed by atoms with van der Waals surface area (Å²) < 4.78 is 0. The van der Waals surface area contributed by atoms with Gasteiger partial charge in [0, 0.05) is 23.7 Å². The molecule has 3 amide bonds. The minimum atomic E-state index is -0.600. The van der Waals surface area contributed by atoms with E-state index in [0.29, 0.717) is 16.8 Å². The predicted octanol–water partition coefficient (Wildman–Crippen LogP) is 4.08. The number of aryl methyl sites for hydroxylation is 1. The summed E-state index contributed by atoms with van der Waals surface area (Å²) in [6.45, 7) is 1.77. The van der Waals surface area contributed by atoms with Gasteiger partial charge in [-0.15, -0.1) is 11.3 Å². The molecule has 0 saturated carbocycles. The number of aromatic nitrogens is 1. The Bertz CT molecular complexity index is 1370. The lowest BCUT2D eigenvalue weighted by molar-refractivity contribution is -0.118. The Kier molecular flexibility index (Phi) is 6.19. The van der Waals surface area contributed by atoms with Crippen LogP contribution in [0.15, 0.2) is 66.0 Å². The van der Waals surface area contributed by atoms with Gasteiger partial charge < -0.3 is 16.0 Å². The molecule has 4 aromatic rings. The number of amides is 3. The second kappa shape index (κ2) is 9.22. The number of benzene rings is 2. The van der Waals surface area contributed by atoms with E-state index in [9.17, 15) is 14.4 Å². The Labute approximate surface area is 194 Å². The van der Waals surface area contributed by atoms with Crippen LogP contribution in [0.1, 0.15) is 26.3 Å². The number of nitrogens with zero attached hydrogens (tertiary/aromatic N) is 2. The molecule has 0 radical (unpaired) electrons. The maximum absolute atomic E-state index is 13.3. The number of nitrogens with one attached hydrogen (secondary N) is 1. The average molecular weight is 459 g/mol. The number of pyridine rings is 1. The predicted molar refractivity (Wildman–Crippen MR) is 130 cm³/mol. The van der Waals surface area contributed by atoms with Crippen LogP contribution in [0.25, 0.3) is 21.5 Å². The van der Waals surface area contributed by atoms with E-state index in [1.54, 1.807) is 41.7 Å². The van der Waals surface area contributed by atoms with Gasteiger partial charge in [0.25, 0.3) is 11.8 Å². The van der Waals surface area contributed by atoms with Gasteiger partial charge in [-0.3, -0.25) is 14.4 Å². The lowest BCUT2D eigenvalue weighted by Gasteiger charge is -2.16. The first-order valence-electron chi connectivity index (χ1n) is 10.2. The molecule has 0 saturated heterocycles. The van der Waals surface area contributed by atoms with Gasteiger partial charge in [-0.1, -0.05) is 23.8 Å². The largest absolute Gasteiger partial charge is 0.368 e. The molecule has 2 heterocycles. The van der Waals surface area contributed by atoms with Gasteiger partial charge in [0.1, 0.15) is 0 Å². The van der Waals surface area contributed by atoms with Crippen LogP contribution < -0.4 is 11.1 Å². The summed E-state index contributed by atoms with van der Waals surface area (Å²) in [6.07, 6.45) is 0. The number of primary amides is 1. The van der Waals surface area contributed by atoms with Crippen molar-refractivity contribution in [1.82, 2.24) is 9.88 Å². The molecular weight excluding hydrogens is 436 g/mol. The summed E-state index contributed by atoms with van der Waals surface area (Å²) in [7, 11) is 1.50. The van der Waals surface area contributed by atoms with Gasteiger partial charge in [0.05, 0.1) is 28.2 Å². The number of carbonyl (C=O) groups excluding carboxylic acids is 3. The Morgan fingerprint density at radius 1 is 1.06 bits per heavy atom. The molecule has 0 aliphatic carbocycles. The van der Waals surface area contributed by atoms with Crippen molar-refractivity contribution < 1.29 is 14.4 Å². The van der Waals surface area contributed by atoms with Gasteiger partial charge in [-0.25, -0.2) is 4.98 Å². The van der Waals surface area contributed by atoms with Gasteiger partial charge in [-0.05, 0) is 54.8 Å². The van der Waals surface area contributed by atoms with Crippen molar-refractivity contribution in [2.45, 2.75) is 6.92 Å². The zero-order valence-electron chi connectivity index (χ0n) is 18.2. The van der Waals surface area contributed by atoms with E-state index in [0.717, 1.165) is 27.0 Å². The molecule has 0 aliphatic rings. The number of anilines is 1. The Morgan fingerprint density at radius 3 is 2.61 bits per heavy atom. The summed E-state index contributed by atoms with van der Waals surface area (Å²) in [4.78, 5) is 44.0. The summed E-state index contributed by atoms with van der Waals surface area (Å²) in [5, 5.41) is 5.61. The number of nitrogens with two attached hydrogens (primary N) is 1. The quantitative estimate of drug-likeness (QED) is 0.454. The molecule has 3 N–H and O–H groups in total.